The Morgan fingerprint density at radius 3 is 2.35 bits per heavy atom. The molecule has 0 unspecified atom stereocenters. The van der Waals surface area contributed by atoms with Crippen molar-refractivity contribution in [2.75, 3.05) is 0 Å². The standard InChI is InChI=1S/C13H10BrNOS/c14-12-8-10(6-7-11(12)13(15)17)16-9-4-2-1-3-5-9/h1-8H,(H2,15,17). The highest BCUT2D eigenvalue weighted by Crippen LogP contribution is 2.26. The van der Waals surface area contributed by atoms with Gasteiger partial charge >= 0.3 is 0 Å². The first-order chi connectivity index (χ1) is 8.16. The second-order valence-electron chi connectivity index (χ2n) is 3.42. The highest BCUT2D eigenvalue weighted by atomic mass is 79.9. The van der Waals surface area contributed by atoms with E-state index in [1.54, 1.807) is 0 Å². The molecule has 0 aliphatic rings. The van der Waals surface area contributed by atoms with Crippen molar-refractivity contribution in [1.82, 2.24) is 0 Å². The summed E-state index contributed by atoms with van der Waals surface area (Å²) in [4.78, 5) is 0.364. The van der Waals surface area contributed by atoms with E-state index in [4.69, 9.17) is 22.7 Å². The van der Waals surface area contributed by atoms with Crippen LogP contribution >= 0.6 is 28.1 Å². The average Bonchev–Trinajstić information content (AvgIpc) is 2.30. The smallest absolute Gasteiger partial charge is 0.128 e. The molecule has 2 aromatic carbocycles. The summed E-state index contributed by atoms with van der Waals surface area (Å²) in [6, 6.07) is 15.1. The molecule has 4 heteroatoms. The van der Waals surface area contributed by atoms with Crippen molar-refractivity contribution in [3.05, 3.63) is 58.6 Å². The summed E-state index contributed by atoms with van der Waals surface area (Å²) in [6.07, 6.45) is 0. The van der Waals surface area contributed by atoms with Crippen LogP contribution in [0.15, 0.2) is 53.0 Å². The minimum absolute atomic E-state index is 0.364. The molecule has 0 aliphatic carbocycles. The van der Waals surface area contributed by atoms with Gasteiger partial charge in [-0.05, 0) is 46.3 Å². The van der Waals surface area contributed by atoms with Gasteiger partial charge in [0.25, 0.3) is 0 Å². The molecule has 2 nitrogen and oxygen atoms in total. The number of halogens is 1. The lowest BCUT2D eigenvalue weighted by Gasteiger charge is -2.08. The summed E-state index contributed by atoms with van der Waals surface area (Å²) >= 11 is 8.34. The summed E-state index contributed by atoms with van der Waals surface area (Å²) < 4.78 is 6.51. The number of rotatable bonds is 3. The van der Waals surface area contributed by atoms with Crippen LogP contribution in [0.3, 0.4) is 0 Å². The fourth-order valence-electron chi connectivity index (χ4n) is 1.38. The van der Waals surface area contributed by atoms with Gasteiger partial charge in [0.15, 0.2) is 0 Å². The molecule has 2 aromatic rings. The minimum atomic E-state index is 0.364. The summed E-state index contributed by atoms with van der Waals surface area (Å²) in [5, 5.41) is 0. The quantitative estimate of drug-likeness (QED) is 0.874. The van der Waals surface area contributed by atoms with Gasteiger partial charge in [0, 0.05) is 10.0 Å². The fraction of sp³-hybridized carbons (Fsp3) is 0. The van der Waals surface area contributed by atoms with Gasteiger partial charge in [-0.3, -0.25) is 0 Å². The van der Waals surface area contributed by atoms with Crippen LogP contribution in [-0.2, 0) is 0 Å². The van der Waals surface area contributed by atoms with Gasteiger partial charge in [-0.25, -0.2) is 0 Å². The Bertz CT molecular complexity index is 542. The zero-order valence-electron chi connectivity index (χ0n) is 8.89. The summed E-state index contributed by atoms with van der Waals surface area (Å²) in [5.74, 6) is 1.53. The van der Waals surface area contributed by atoms with Crippen LogP contribution in [0.5, 0.6) is 11.5 Å². The molecule has 0 atom stereocenters. The van der Waals surface area contributed by atoms with Gasteiger partial charge in [-0.2, -0.15) is 0 Å². The van der Waals surface area contributed by atoms with E-state index in [1.165, 1.54) is 0 Å². The fourth-order valence-corrected chi connectivity index (χ4v) is 2.26. The van der Waals surface area contributed by atoms with Gasteiger partial charge in [0.1, 0.15) is 16.5 Å². The van der Waals surface area contributed by atoms with Gasteiger partial charge in [-0.15, -0.1) is 0 Å². The zero-order valence-corrected chi connectivity index (χ0v) is 11.3. The number of ether oxygens (including phenoxy) is 1. The highest BCUT2D eigenvalue weighted by molar-refractivity contribution is 9.10. The first kappa shape index (κ1) is 12.1. The molecule has 17 heavy (non-hydrogen) atoms. The molecule has 0 aromatic heterocycles. The maximum Gasteiger partial charge on any atom is 0.128 e. The van der Waals surface area contributed by atoms with Crippen molar-refractivity contribution in [2.45, 2.75) is 0 Å². The van der Waals surface area contributed by atoms with Crippen LogP contribution in [0.25, 0.3) is 0 Å². The lowest BCUT2D eigenvalue weighted by Crippen LogP contribution is -2.09. The van der Waals surface area contributed by atoms with E-state index < -0.39 is 0 Å². The first-order valence-corrected chi connectivity index (χ1v) is 6.19. The number of thiocarbonyl (C=S) groups is 1. The average molecular weight is 308 g/mol. The van der Waals surface area contributed by atoms with Crippen molar-refractivity contribution in [2.24, 2.45) is 5.73 Å². The lowest BCUT2D eigenvalue weighted by molar-refractivity contribution is 0.482. The van der Waals surface area contributed by atoms with Crippen molar-refractivity contribution in [3.63, 3.8) is 0 Å². The molecule has 0 heterocycles. The van der Waals surface area contributed by atoms with Crippen LogP contribution < -0.4 is 10.5 Å². The maximum absolute atomic E-state index is 5.68. The normalized spacial score (nSPS) is 9.94. The second kappa shape index (κ2) is 5.29. The Kier molecular flexibility index (Phi) is 3.76. The van der Waals surface area contributed by atoms with Gasteiger partial charge in [-0.1, -0.05) is 30.4 Å². The third-order valence-corrected chi connectivity index (χ3v) is 3.06. The van der Waals surface area contributed by atoms with Gasteiger partial charge in [0.05, 0.1) is 0 Å². The van der Waals surface area contributed by atoms with Crippen LogP contribution in [0.1, 0.15) is 5.56 Å². The van der Waals surface area contributed by atoms with E-state index in [2.05, 4.69) is 15.9 Å². The van der Waals surface area contributed by atoms with Crippen LogP contribution in [0.4, 0.5) is 0 Å². The van der Waals surface area contributed by atoms with E-state index in [1.807, 2.05) is 48.5 Å². The van der Waals surface area contributed by atoms with E-state index >= 15 is 0 Å². The molecule has 0 spiro atoms. The molecular formula is C13H10BrNOS. The van der Waals surface area contributed by atoms with Gasteiger partial charge < -0.3 is 10.5 Å². The number of hydrogen-bond donors (Lipinski definition) is 1. The largest absolute Gasteiger partial charge is 0.457 e. The molecular weight excluding hydrogens is 298 g/mol. The Morgan fingerprint density at radius 1 is 1.06 bits per heavy atom. The van der Waals surface area contributed by atoms with Crippen molar-refractivity contribution in [1.29, 1.82) is 0 Å². The Hall–Kier alpha value is -1.39. The Balaban J connectivity index is 2.24. The van der Waals surface area contributed by atoms with Crippen LogP contribution in [0, 0.1) is 0 Å². The van der Waals surface area contributed by atoms with Gasteiger partial charge in [0.2, 0.25) is 0 Å². The molecule has 0 saturated carbocycles. The van der Waals surface area contributed by atoms with E-state index in [0.29, 0.717) is 4.99 Å². The molecule has 0 aliphatic heterocycles. The molecule has 2 rings (SSSR count). The van der Waals surface area contributed by atoms with Crippen LogP contribution in [0.2, 0.25) is 0 Å². The predicted octanol–water partition coefficient (Wildman–Crippen LogP) is 3.88. The van der Waals surface area contributed by atoms with Crippen LogP contribution in [-0.4, -0.2) is 4.99 Å². The summed E-state index contributed by atoms with van der Waals surface area (Å²) in [5.41, 5.74) is 6.38. The maximum atomic E-state index is 5.68. The first-order valence-electron chi connectivity index (χ1n) is 4.99. The van der Waals surface area contributed by atoms with E-state index in [0.717, 1.165) is 21.5 Å². The Morgan fingerprint density at radius 2 is 1.76 bits per heavy atom. The number of nitrogens with two attached hydrogens (primary N) is 1. The minimum Gasteiger partial charge on any atom is -0.457 e. The molecule has 0 radical (unpaired) electrons. The lowest BCUT2D eigenvalue weighted by atomic mass is 10.2. The summed E-state index contributed by atoms with van der Waals surface area (Å²) in [7, 11) is 0. The molecule has 0 amide bonds. The molecule has 0 bridgehead atoms. The van der Waals surface area contributed by atoms with Crippen molar-refractivity contribution < 1.29 is 4.74 Å². The van der Waals surface area contributed by atoms with E-state index in [9.17, 15) is 0 Å². The number of para-hydroxylation sites is 1. The molecule has 0 fully saturated rings. The molecule has 86 valence electrons. The van der Waals surface area contributed by atoms with Crippen molar-refractivity contribution in [3.8, 4) is 11.5 Å². The third kappa shape index (κ3) is 3.05. The predicted molar refractivity (Wildman–Crippen MR) is 76.5 cm³/mol. The molecule has 2 N–H and O–H groups in total. The number of benzene rings is 2. The Labute approximate surface area is 114 Å². The molecule has 0 saturated heterocycles. The SMILES string of the molecule is NC(=S)c1ccc(Oc2ccccc2)cc1Br. The van der Waals surface area contributed by atoms with Crippen molar-refractivity contribution >= 4 is 33.1 Å². The monoisotopic (exact) mass is 307 g/mol. The van der Waals surface area contributed by atoms with E-state index in [-0.39, 0.29) is 0 Å². The third-order valence-electron chi connectivity index (χ3n) is 2.18. The number of hydrogen-bond acceptors (Lipinski definition) is 2. The topological polar surface area (TPSA) is 35.2 Å². The zero-order chi connectivity index (χ0) is 12.3. The second-order valence-corrected chi connectivity index (χ2v) is 4.72. The highest BCUT2D eigenvalue weighted by Gasteiger charge is 2.05. The summed E-state index contributed by atoms with van der Waals surface area (Å²) in [6.45, 7) is 0.